The predicted molar refractivity (Wildman–Crippen MR) is 75.2 cm³/mol. The zero-order valence-electron chi connectivity index (χ0n) is 11.4. The van der Waals surface area contributed by atoms with Crippen LogP contribution in [0.5, 0.6) is 5.75 Å². The molecule has 3 rings (SSSR count). The Morgan fingerprint density at radius 1 is 1.26 bits per heavy atom. The van der Waals surface area contributed by atoms with Crippen LogP contribution in [0.2, 0.25) is 0 Å². The molecule has 0 aromatic heterocycles. The minimum atomic E-state index is -0.617. The molecule has 1 saturated carbocycles. The van der Waals surface area contributed by atoms with Crippen molar-refractivity contribution in [2.45, 2.75) is 56.6 Å². The van der Waals surface area contributed by atoms with E-state index in [4.69, 9.17) is 10.5 Å². The molecule has 3 nitrogen and oxygen atoms in total. The number of ether oxygens (including phenoxy) is 1. The minimum Gasteiger partial charge on any atom is -0.491 e. The van der Waals surface area contributed by atoms with Crippen molar-refractivity contribution in [2.75, 3.05) is 6.61 Å². The molecule has 0 radical (unpaired) electrons. The highest BCUT2D eigenvalue weighted by atomic mass is 16.5. The summed E-state index contributed by atoms with van der Waals surface area (Å²) in [6.07, 6.45) is 7.25. The molecule has 2 aliphatic rings. The fourth-order valence-corrected chi connectivity index (χ4v) is 3.29. The smallest absolute Gasteiger partial charge is 0.119 e. The minimum absolute atomic E-state index is 0.187. The zero-order chi connectivity index (χ0) is 13.3. The molecular formula is C16H23NO2. The van der Waals surface area contributed by atoms with Crippen molar-refractivity contribution in [3.05, 3.63) is 29.3 Å². The van der Waals surface area contributed by atoms with Crippen molar-refractivity contribution >= 4 is 0 Å². The average molecular weight is 261 g/mol. The topological polar surface area (TPSA) is 55.5 Å². The number of fused-ring (bicyclic) bond motifs is 1. The van der Waals surface area contributed by atoms with Gasteiger partial charge in [0, 0.05) is 6.04 Å². The lowest BCUT2D eigenvalue weighted by molar-refractivity contribution is -0.0339. The zero-order valence-corrected chi connectivity index (χ0v) is 11.4. The highest BCUT2D eigenvalue weighted by molar-refractivity contribution is 5.40. The maximum Gasteiger partial charge on any atom is 0.119 e. The normalized spacial score (nSPS) is 25.1. The van der Waals surface area contributed by atoms with Crippen LogP contribution in [-0.4, -0.2) is 17.3 Å². The third-order valence-electron chi connectivity index (χ3n) is 4.53. The Labute approximate surface area is 114 Å². The lowest BCUT2D eigenvalue weighted by Gasteiger charge is -2.31. The molecule has 0 spiro atoms. The molecule has 104 valence electrons. The molecule has 1 aromatic carbocycles. The van der Waals surface area contributed by atoms with E-state index in [1.165, 1.54) is 17.5 Å². The standard InChI is InChI=1S/C16H23NO2/c17-15-7-4-12-10-13(5-6-14(12)15)19-11-16(18)8-2-1-3-9-16/h5-6,10,15,18H,1-4,7-9,11,17H2/t15-/m0/s1. The highest BCUT2D eigenvalue weighted by Gasteiger charge is 2.30. The van der Waals surface area contributed by atoms with Crippen molar-refractivity contribution in [1.82, 2.24) is 0 Å². The number of rotatable bonds is 3. The van der Waals surface area contributed by atoms with Gasteiger partial charge in [0.05, 0.1) is 5.60 Å². The quantitative estimate of drug-likeness (QED) is 0.879. The Balaban J connectivity index is 1.64. The maximum absolute atomic E-state index is 10.4. The van der Waals surface area contributed by atoms with E-state index >= 15 is 0 Å². The van der Waals surface area contributed by atoms with Gasteiger partial charge < -0.3 is 15.6 Å². The summed E-state index contributed by atoms with van der Waals surface area (Å²) in [5, 5.41) is 10.4. The molecule has 0 amide bonds. The van der Waals surface area contributed by atoms with Crippen molar-refractivity contribution in [3.8, 4) is 5.75 Å². The summed E-state index contributed by atoms with van der Waals surface area (Å²) in [5.74, 6) is 0.867. The van der Waals surface area contributed by atoms with Crippen molar-refractivity contribution in [2.24, 2.45) is 5.73 Å². The number of hydrogen-bond donors (Lipinski definition) is 2. The molecule has 3 heteroatoms. The van der Waals surface area contributed by atoms with E-state index in [1.807, 2.05) is 6.07 Å². The number of aryl methyl sites for hydroxylation is 1. The van der Waals surface area contributed by atoms with Crippen molar-refractivity contribution in [3.63, 3.8) is 0 Å². The largest absolute Gasteiger partial charge is 0.491 e. The molecule has 0 aliphatic heterocycles. The fraction of sp³-hybridized carbons (Fsp3) is 0.625. The Morgan fingerprint density at radius 2 is 2.05 bits per heavy atom. The second-order valence-corrected chi connectivity index (χ2v) is 6.08. The van der Waals surface area contributed by atoms with Gasteiger partial charge in [0.1, 0.15) is 12.4 Å². The Hall–Kier alpha value is -1.06. The monoisotopic (exact) mass is 261 g/mol. The van der Waals surface area contributed by atoms with Gasteiger partial charge in [0.25, 0.3) is 0 Å². The van der Waals surface area contributed by atoms with Crippen LogP contribution in [0.3, 0.4) is 0 Å². The molecule has 1 fully saturated rings. The summed E-state index contributed by atoms with van der Waals surface area (Å²) in [4.78, 5) is 0. The predicted octanol–water partition coefficient (Wildman–Crippen LogP) is 2.71. The Morgan fingerprint density at radius 3 is 2.84 bits per heavy atom. The van der Waals surface area contributed by atoms with Gasteiger partial charge in [0.2, 0.25) is 0 Å². The van der Waals surface area contributed by atoms with Crippen LogP contribution in [0.15, 0.2) is 18.2 Å². The third-order valence-corrected chi connectivity index (χ3v) is 4.53. The lowest BCUT2D eigenvalue weighted by atomic mass is 9.85. The van der Waals surface area contributed by atoms with E-state index in [0.29, 0.717) is 6.61 Å². The fourth-order valence-electron chi connectivity index (χ4n) is 3.29. The molecule has 0 unspecified atom stereocenters. The van der Waals surface area contributed by atoms with Crippen LogP contribution in [0.4, 0.5) is 0 Å². The first-order valence-corrected chi connectivity index (χ1v) is 7.40. The van der Waals surface area contributed by atoms with Gasteiger partial charge in [-0.1, -0.05) is 25.3 Å². The van der Waals surface area contributed by atoms with E-state index in [2.05, 4.69) is 12.1 Å². The van der Waals surface area contributed by atoms with Gasteiger partial charge in [-0.05, 0) is 48.9 Å². The van der Waals surface area contributed by atoms with Crippen molar-refractivity contribution < 1.29 is 9.84 Å². The number of nitrogens with two attached hydrogens (primary N) is 1. The van der Waals surface area contributed by atoms with E-state index < -0.39 is 5.60 Å². The second-order valence-electron chi connectivity index (χ2n) is 6.08. The molecule has 1 aromatic rings. The van der Waals surface area contributed by atoms with Crippen LogP contribution in [0, 0.1) is 0 Å². The summed E-state index contributed by atoms with van der Waals surface area (Å²) in [7, 11) is 0. The van der Waals surface area contributed by atoms with E-state index in [9.17, 15) is 5.11 Å². The van der Waals surface area contributed by atoms with Gasteiger partial charge >= 0.3 is 0 Å². The van der Waals surface area contributed by atoms with Crippen LogP contribution in [-0.2, 0) is 6.42 Å². The first kappa shape index (κ1) is 12.9. The summed E-state index contributed by atoms with van der Waals surface area (Å²) in [6.45, 7) is 0.415. The molecule has 0 bridgehead atoms. The van der Waals surface area contributed by atoms with Crippen LogP contribution >= 0.6 is 0 Å². The molecule has 19 heavy (non-hydrogen) atoms. The molecule has 2 aliphatic carbocycles. The molecular weight excluding hydrogens is 238 g/mol. The molecule has 0 heterocycles. The van der Waals surface area contributed by atoms with Crippen LogP contribution < -0.4 is 10.5 Å². The Bertz CT molecular complexity index is 452. The third kappa shape index (κ3) is 2.77. The first-order chi connectivity index (χ1) is 9.16. The van der Waals surface area contributed by atoms with E-state index in [-0.39, 0.29) is 6.04 Å². The Kier molecular flexibility index (Phi) is 3.50. The van der Waals surface area contributed by atoms with E-state index in [0.717, 1.165) is 44.3 Å². The summed E-state index contributed by atoms with van der Waals surface area (Å²) >= 11 is 0. The van der Waals surface area contributed by atoms with Gasteiger partial charge in [-0.15, -0.1) is 0 Å². The second kappa shape index (κ2) is 5.14. The molecule has 0 saturated heterocycles. The van der Waals surface area contributed by atoms with E-state index in [1.54, 1.807) is 0 Å². The summed E-state index contributed by atoms with van der Waals surface area (Å²) < 4.78 is 5.82. The highest BCUT2D eigenvalue weighted by Crippen LogP contribution is 2.33. The maximum atomic E-state index is 10.4. The van der Waals surface area contributed by atoms with Gasteiger partial charge in [-0.25, -0.2) is 0 Å². The molecule has 3 N–H and O–H groups in total. The number of aliphatic hydroxyl groups is 1. The number of hydrogen-bond acceptors (Lipinski definition) is 3. The van der Waals surface area contributed by atoms with Gasteiger partial charge in [0.15, 0.2) is 0 Å². The van der Waals surface area contributed by atoms with Crippen LogP contribution in [0.1, 0.15) is 55.7 Å². The van der Waals surface area contributed by atoms with Crippen molar-refractivity contribution in [1.29, 1.82) is 0 Å². The average Bonchev–Trinajstić information content (AvgIpc) is 2.79. The summed E-state index contributed by atoms with van der Waals surface area (Å²) in [5.41, 5.74) is 7.97. The lowest BCUT2D eigenvalue weighted by Crippen LogP contribution is -2.37. The first-order valence-electron chi connectivity index (χ1n) is 7.40. The van der Waals surface area contributed by atoms with Crippen LogP contribution in [0.25, 0.3) is 0 Å². The van der Waals surface area contributed by atoms with Gasteiger partial charge in [-0.3, -0.25) is 0 Å². The number of benzene rings is 1. The SMILES string of the molecule is N[C@H]1CCc2cc(OCC3(O)CCCCC3)ccc21. The molecule has 1 atom stereocenters. The summed E-state index contributed by atoms with van der Waals surface area (Å²) in [6, 6.07) is 6.34. The van der Waals surface area contributed by atoms with Gasteiger partial charge in [-0.2, -0.15) is 0 Å².